The second-order valence-electron chi connectivity index (χ2n) is 2.84. The van der Waals surface area contributed by atoms with Gasteiger partial charge in [0, 0.05) is 7.11 Å². The summed E-state index contributed by atoms with van der Waals surface area (Å²) < 4.78 is 41.8. The molecule has 0 aromatic carbocycles. The molecule has 14 heavy (non-hydrogen) atoms. The van der Waals surface area contributed by atoms with Crippen molar-refractivity contribution in [2.45, 2.75) is 26.1 Å². The minimum atomic E-state index is -4.38. The summed E-state index contributed by atoms with van der Waals surface area (Å²) >= 11 is 1.02. The van der Waals surface area contributed by atoms with E-state index >= 15 is 0 Å². The van der Waals surface area contributed by atoms with E-state index in [0.717, 1.165) is 18.4 Å². The van der Waals surface area contributed by atoms with Crippen LogP contribution >= 0.6 is 11.3 Å². The van der Waals surface area contributed by atoms with E-state index < -0.39 is 12.3 Å². The van der Waals surface area contributed by atoms with E-state index in [4.69, 9.17) is 0 Å². The lowest BCUT2D eigenvalue weighted by Crippen LogP contribution is -2.22. The topological polar surface area (TPSA) is 22.1 Å². The highest BCUT2D eigenvalue weighted by molar-refractivity contribution is 7.11. The summed E-state index contributed by atoms with van der Waals surface area (Å²) in [4.78, 5) is 4.07. The molecule has 1 aromatic rings. The molecule has 0 saturated carbocycles. The Hall–Kier alpha value is -0.620. The maximum absolute atomic E-state index is 12.4. The first-order valence-electron chi connectivity index (χ1n) is 3.89. The van der Waals surface area contributed by atoms with Crippen molar-refractivity contribution in [1.82, 2.24) is 4.98 Å². The van der Waals surface area contributed by atoms with Crippen LogP contribution < -0.4 is 0 Å². The molecule has 0 amide bonds. The Bertz CT molecular complexity index is 321. The second-order valence-corrected chi connectivity index (χ2v) is 4.07. The first kappa shape index (κ1) is 11.5. The summed E-state index contributed by atoms with van der Waals surface area (Å²) in [5.74, 6) is 0. The molecule has 1 unspecified atom stereocenters. The van der Waals surface area contributed by atoms with Crippen molar-refractivity contribution < 1.29 is 17.9 Å². The second kappa shape index (κ2) is 3.86. The van der Waals surface area contributed by atoms with Gasteiger partial charge >= 0.3 is 6.18 Å². The molecule has 6 heteroatoms. The van der Waals surface area contributed by atoms with Crippen LogP contribution in [0.5, 0.6) is 0 Å². The fraction of sp³-hybridized carbons (Fsp3) is 0.625. The van der Waals surface area contributed by atoms with Crippen LogP contribution in [0.4, 0.5) is 13.2 Å². The SMILES string of the molecule is COC(c1sc(C)nc1C)C(F)(F)F. The molecule has 0 fully saturated rings. The third kappa shape index (κ3) is 2.24. The largest absolute Gasteiger partial charge is 0.419 e. The highest BCUT2D eigenvalue weighted by Gasteiger charge is 2.43. The Balaban J connectivity index is 3.07. The number of aromatic nitrogens is 1. The van der Waals surface area contributed by atoms with E-state index in [-0.39, 0.29) is 4.88 Å². The number of ether oxygens (including phenoxy) is 1. The summed E-state index contributed by atoms with van der Waals surface area (Å²) in [7, 11) is 1.05. The van der Waals surface area contributed by atoms with Crippen LogP contribution in [0.25, 0.3) is 0 Å². The Morgan fingerprint density at radius 3 is 2.21 bits per heavy atom. The lowest BCUT2D eigenvalue weighted by molar-refractivity contribution is -0.215. The normalized spacial score (nSPS) is 14.4. The molecule has 1 heterocycles. The van der Waals surface area contributed by atoms with E-state index in [1.54, 1.807) is 13.8 Å². The van der Waals surface area contributed by atoms with Crippen molar-refractivity contribution in [1.29, 1.82) is 0 Å². The molecule has 0 aliphatic carbocycles. The molecule has 1 rings (SSSR count). The predicted octanol–water partition coefficient (Wildman–Crippen LogP) is 3.01. The molecule has 0 saturated heterocycles. The summed E-state index contributed by atoms with van der Waals surface area (Å²) in [5.41, 5.74) is 0.386. The molecular formula is C8H10F3NOS. The van der Waals surface area contributed by atoms with Gasteiger partial charge < -0.3 is 4.74 Å². The number of alkyl halides is 3. The van der Waals surface area contributed by atoms with Gasteiger partial charge in [-0.25, -0.2) is 4.98 Å². The summed E-state index contributed by atoms with van der Waals surface area (Å²) in [5, 5.41) is 0.615. The van der Waals surface area contributed by atoms with Crippen molar-refractivity contribution in [2.24, 2.45) is 0 Å². The minimum Gasteiger partial charge on any atom is -0.366 e. The smallest absolute Gasteiger partial charge is 0.366 e. The molecule has 0 radical (unpaired) electrons. The Kier molecular flexibility index (Phi) is 3.16. The van der Waals surface area contributed by atoms with E-state index in [1.807, 2.05) is 0 Å². The standard InChI is InChI=1S/C8H10F3NOS/c1-4-6(14-5(2)12-4)7(13-3)8(9,10)11/h7H,1-3H3. The van der Waals surface area contributed by atoms with Crippen LogP contribution in [0.1, 0.15) is 21.7 Å². The average Bonchev–Trinajstić information content (AvgIpc) is 2.29. The Labute approximate surface area is 83.7 Å². The Morgan fingerprint density at radius 2 is 1.93 bits per heavy atom. The molecule has 0 bridgehead atoms. The van der Waals surface area contributed by atoms with Crippen LogP contribution in [0.2, 0.25) is 0 Å². The summed E-state index contributed by atoms with van der Waals surface area (Å²) in [6, 6.07) is 0. The maximum Gasteiger partial charge on any atom is 0.419 e. The van der Waals surface area contributed by atoms with E-state index in [2.05, 4.69) is 9.72 Å². The van der Waals surface area contributed by atoms with Gasteiger partial charge in [0.1, 0.15) is 0 Å². The van der Waals surface area contributed by atoms with Crippen LogP contribution in [0.15, 0.2) is 0 Å². The summed E-state index contributed by atoms with van der Waals surface area (Å²) in [6.07, 6.45) is -6.23. The zero-order valence-electron chi connectivity index (χ0n) is 7.97. The van der Waals surface area contributed by atoms with Gasteiger partial charge in [0.15, 0.2) is 6.10 Å². The number of hydrogen-bond acceptors (Lipinski definition) is 3. The highest BCUT2D eigenvalue weighted by Crippen LogP contribution is 2.39. The average molecular weight is 225 g/mol. The van der Waals surface area contributed by atoms with Gasteiger partial charge in [-0.3, -0.25) is 0 Å². The highest BCUT2D eigenvalue weighted by atomic mass is 32.1. The number of methoxy groups -OCH3 is 1. The number of hydrogen-bond donors (Lipinski definition) is 0. The van der Waals surface area contributed by atoms with E-state index in [1.165, 1.54) is 0 Å². The van der Waals surface area contributed by atoms with Crippen molar-refractivity contribution in [3.63, 3.8) is 0 Å². The molecule has 0 aliphatic rings. The molecule has 0 spiro atoms. The molecule has 0 aliphatic heterocycles. The van der Waals surface area contributed by atoms with Crippen molar-refractivity contribution in [3.8, 4) is 0 Å². The first-order valence-corrected chi connectivity index (χ1v) is 4.71. The number of rotatable bonds is 2. The number of halogens is 3. The third-order valence-electron chi connectivity index (χ3n) is 1.71. The minimum absolute atomic E-state index is 0.137. The zero-order chi connectivity index (χ0) is 10.9. The van der Waals surface area contributed by atoms with Crippen molar-refractivity contribution in [2.75, 3.05) is 7.11 Å². The Morgan fingerprint density at radius 1 is 1.36 bits per heavy atom. The van der Waals surface area contributed by atoms with Gasteiger partial charge in [-0.2, -0.15) is 13.2 Å². The first-order chi connectivity index (χ1) is 6.36. The van der Waals surface area contributed by atoms with Gasteiger partial charge in [0.05, 0.1) is 15.6 Å². The van der Waals surface area contributed by atoms with Crippen molar-refractivity contribution >= 4 is 11.3 Å². The van der Waals surface area contributed by atoms with Gasteiger partial charge in [-0.15, -0.1) is 11.3 Å². The van der Waals surface area contributed by atoms with Crippen LogP contribution in [0, 0.1) is 13.8 Å². The molecule has 1 aromatic heterocycles. The monoisotopic (exact) mass is 225 g/mol. The number of nitrogens with zero attached hydrogens (tertiary/aromatic N) is 1. The van der Waals surface area contributed by atoms with E-state index in [0.29, 0.717) is 10.7 Å². The molecule has 1 atom stereocenters. The van der Waals surface area contributed by atoms with E-state index in [9.17, 15) is 13.2 Å². The molecule has 80 valence electrons. The third-order valence-corrected chi connectivity index (χ3v) is 2.83. The van der Waals surface area contributed by atoms with Crippen LogP contribution in [-0.2, 0) is 4.74 Å². The number of aryl methyl sites for hydroxylation is 2. The molecule has 2 nitrogen and oxygen atoms in total. The fourth-order valence-corrected chi connectivity index (χ4v) is 2.21. The maximum atomic E-state index is 12.4. The van der Waals surface area contributed by atoms with Gasteiger partial charge in [0.25, 0.3) is 0 Å². The van der Waals surface area contributed by atoms with Gasteiger partial charge in [0.2, 0.25) is 0 Å². The lowest BCUT2D eigenvalue weighted by Gasteiger charge is -2.17. The van der Waals surface area contributed by atoms with Crippen LogP contribution in [0.3, 0.4) is 0 Å². The number of thiazole rings is 1. The predicted molar refractivity (Wildman–Crippen MR) is 47.4 cm³/mol. The lowest BCUT2D eigenvalue weighted by atomic mass is 10.2. The molecule has 0 N–H and O–H groups in total. The van der Waals surface area contributed by atoms with Crippen molar-refractivity contribution in [3.05, 3.63) is 15.6 Å². The zero-order valence-corrected chi connectivity index (χ0v) is 8.79. The van der Waals surface area contributed by atoms with Crippen LogP contribution in [-0.4, -0.2) is 18.3 Å². The quantitative estimate of drug-likeness (QED) is 0.771. The van der Waals surface area contributed by atoms with Gasteiger partial charge in [-0.1, -0.05) is 0 Å². The van der Waals surface area contributed by atoms with Gasteiger partial charge in [-0.05, 0) is 13.8 Å². The summed E-state index contributed by atoms with van der Waals surface area (Å²) in [6.45, 7) is 3.22. The molecular weight excluding hydrogens is 215 g/mol. The fourth-order valence-electron chi connectivity index (χ4n) is 1.18.